The van der Waals surface area contributed by atoms with Crippen LogP contribution in [0.5, 0.6) is 0 Å². The first-order valence-electron chi connectivity index (χ1n) is 37.8. The first-order chi connectivity index (χ1) is 53.0. The number of hydrogen-bond acceptors (Lipinski definition) is 20. The molecule has 620 valence electrons. The van der Waals surface area contributed by atoms with Gasteiger partial charge in [0.25, 0.3) is 0 Å². The molecule has 10 heterocycles. The smallest absolute Gasteiger partial charge is 0.354 e. The molecule has 0 aliphatic carbocycles. The lowest BCUT2D eigenvalue weighted by Crippen LogP contribution is -2.08. The zero-order valence-electron chi connectivity index (χ0n) is 72.4. The van der Waals surface area contributed by atoms with Gasteiger partial charge in [-0.3, -0.25) is 15.0 Å². The van der Waals surface area contributed by atoms with Crippen molar-refractivity contribution < 1.29 is 19.8 Å². The number of nitrogens with one attached hydrogen (secondary N) is 1. The van der Waals surface area contributed by atoms with Gasteiger partial charge < -0.3 is 15.5 Å². The van der Waals surface area contributed by atoms with Gasteiger partial charge in [0.15, 0.2) is 5.69 Å². The van der Waals surface area contributed by atoms with Crippen LogP contribution in [-0.2, 0) is 0 Å². The third-order valence-electron chi connectivity index (χ3n) is 15.5. The van der Waals surface area contributed by atoms with E-state index in [-0.39, 0.29) is 23.1 Å². The quantitative estimate of drug-likeness (QED) is 0.0713. The number of aromatic carboxylic acids is 2. The summed E-state index contributed by atoms with van der Waals surface area (Å²) in [5.41, 5.74) is 16.6. The van der Waals surface area contributed by atoms with Crippen LogP contribution in [0.25, 0.3) is 0 Å². The summed E-state index contributed by atoms with van der Waals surface area (Å²) in [6.45, 7) is 60.9. The van der Waals surface area contributed by atoms with Crippen LogP contribution in [0.2, 0.25) is 15.7 Å². The SMILES string of the molecule is CNc1cc(C(C)C)ncn1.Cc1cc(Br)cnc1C(C)C.Cc1cc(C(=O)O)nc(C(C)C)n1.Cc1cc(C(C)C)nc(Cl)n1.Cc1cc(C(C)C)nc(Cl)n1.Cc1cc(C(C)C)ncc1Br.Cc1cc(C)nc(C(C)C)n1.Cc1cc(Cl)nc(C(C)C)n1.Cc1nc(C(C)C)ccc1Br.Cc1ncc(C(=O)O)c(C(C)C)n1. The van der Waals surface area contributed by atoms with Crippen LogP contribution in [0.1, 0.15) is 333 Å². The minimum atomic E-state index is -1.01. The van der Waals surface area contributed by atoms with Crippen LogP contribution in [0, 0.1) is 69.2 Å². The number of pyridine rings is 3. The van der Waals surface area contributed by atoms with Gasteiger partial charge in [-0.1, -0.05) is 150 Å². The zero-order chi connectivity index (χ0) is 87.3. The van der Waals surface area contributed by atoms with E-state index in [1.807, 2.05) is 127 Å². The Labute approximate surface area is 718 Å². The van der Waals surface area contributed by atoms with Crippen molar-refractivity contribution in [1.82, 2.24) is 84.7 Å². The Morgan fingerprint density at radius 1 is 0.360 bits per heavy atom. The molecule has 0 atom stereocenters. The molecule has 0 saturated heterocycles. The summed E-state index contributed by atoms with van der Waals surface area (Å²) in [6, 6.07) is 19.4. The molecule has 28 heteroatoms. The molecule has 0 fully saturated rings. The lowest BCUT2D eigenvalue weighted by molar-refractivity contribution is 0.0681. The predicted octanol–water partition coefficient (Wildman–Crippen LogP) is 24.6. The summed E-state index contributed by atoms with van der Waals surface area (Å²) in [4.78, 5) is 91.7. The van der Waals surface area contributed by atoms with Crippen LogP contribution < -0.4 is 5.32 Å². The second-order valence-electron chi connectivity index (χ2n) is 29.8. The van der Waals surface area contributed by atoms with E-state index in [1.165, 1.54) is 29.1 Å². The van der Waals surface area contributed by atoms with E-state index in [0.29, 0.717) is 86.1 Å². The van der Waals surface area contributed by atoms with Crippen LogP contribution >= 0.6 is 82.6 Å². The maximum atomic E-state index is 10.8. The summed E-state index contributed by atoms with van der Waals surface area (Å²) in [5.74, 6) is 5.70. The van der Waals surface area contributed by atoms with Crippen molar-refractivity contribution >= 4 is 100 Å². The maximum absolute atomic E-state index is 10.8. The molecule has 0 spiro atoms. The highest BCUT2D eigenvalue weighted by molar-refractivity contribution is 9.11. The number of aromatic nitrogens is 17. The largest absolute Gasteiger partial charge is 0.478 e. The summed E-state index contributed by atoms with van der Waals surface area (Å²) >= 11 is 27.3. The fraction of sp³-hybridized carbons (Fsp3) is 0.477. The first kappa shape index (κ1) is 104. The summed E-state index contributed by atoms with van der Waals surface area (Å²) in [5, 5.41) is 21.7. The molecule has 0 aliphatic rings. The van der Waals surface area contributed by atoms with Crippen LogP contribution in [0.15, 0.2) is 99.0 Å². The minimum absolute atomic E-state index is 0.0659. The van der Waals surface area contributed by atoms with Gasteiger partial charge in [-0.2, -0.15) is 0 Å². The van der Waals surface area contributed by atoms with Crippen molar-refractivity contribution in [3.05, 3.63) is 240 Å². The Hall–Kier alpha value is -7.94. The first-order valence-corrected chi connectivity index (χ1v) is 41.4. The van der Waals surface area contributed by atoms with Gasteiger partial charge in [0, 0.05) is 131 Å². The number of rotatable bonds is 13. The number of carboxylic acid groups (broad SMARTS) is 2. The van der Waals surface area contributed by atoms with E-state index in [0.717, 1.165) is 93.5 Å². The van der Waals surface area contributed by atoms with Crippen molar-refractivity contribution in [2.45, 2.75) is 267 Å². The topological polar surface area (TPSA) is 306 Å². The van der Waals surface area contributed by atoms with Crippen molar-refractivity contribution in [1.29, 1.82) is 0 Å². The molecule has 10 aromatic heterocycles. The molecule has 0 bridgehead atoms. The Balaban J connectivity index is 0.000000634. The van der Waals surface area contributed by atoms with Crippen molar-refractivity contribution in [3.8, 4) is 0 Å². The minimum Gasteiger partial charge on any atom is -0.478 e. The number of aryl methyl sites for hydroxylation is 10. The summed E-state index contributed by atoms with van der Waals surface area (Å²) < 4.78 is 3.23. The lowest BCUT2D eigenvalue weighted by atomic mass is 10.1. The fourth-order valence-electron chi connectivity index (χ4n) is 9.32. The van der Waals surface area contributed by atoms with E-state index >= 15 is 0 Å². The Kier molecular flexibility index (Phi) is 48.0. The monoisotopic (exact) mass is 1810 g/mol. The van der Waals surface area contributed by atoms with E-state index < -0.39 is 11.9 Å². The molecule has 0 aromatic carbocycles. The fourth-order valence-corrected chi connectivity index (χ4v) is 10.9. The average Bonchev–Trinajstić information content (AvgIpc) is 0.834. The Morgan fingerprint density at radius 3 is 1.19 bits per heavy atom. The Morgan fingerprint density at radius 2 is 0.798 bits per heavy atom. The number of anilines is 1. The summed E-state index contributed by atoms with van der Waals surface area (Å²) in [7, 11) is 1.85. The molecular weight excluding hydrogens is 1700 g/mol. The average molecular weight is 1820 g/mol. The van der Waals surface area contributed by atoms with Gasteiger partial charge in [-0.15, -0.1) is 0 Å². The molecule has 0 aliphatic heterocycles. The van der Waals surface area contributed by atoms with E-state index in [1.54, 1.807) is 26.2 Å². The molecule has 10 rings (SSSR count). The van der Waals surface area contributed by atoms with Gasteiger partial charge in [0.2, 0.25) is 10.6 Å². The highest BCUT2D eigenvalue weighted by Gasteiger charge is 2.16. The normalized spacial score (nSPS) is 10.6. The lowest BCUT2D eigenvalue weighted by Gasteiger charge is -2.07. The van der Waals surface area contributed by atoms with Gasteiger partial charge in [-0.05, 0) is 247 Å². The molecule has 114 heavy (non-hydrogen) atoms. The number of hydrogen-bond donors (Lipinski definition) is 3. The molecule has 0 radical (unpaired) electrons. The molecule has 0 saturated carbocycles. The second-order valence-corrected chi connectivity index (χ2v) is 33.5. The highest BCUT2D eigenvalue weighted by atomic mass is 79.9. The molecule has 10 aromatic rings. The Bertz CT molecular complexity index is 4270. The number of carboxylic acids is 2. The van der Waals surface area contributed by atoms with E-state index in [4.69, 9.17) is 45.0 Å². The van der Waals surface area contributed by atoms with Crippen molar-refractivity contribution in [3.63, 3.8) is 0 Å². The standard InChI is InChI=1S/3C9H12BrN.2C9H12N2O2.C9H14N2.3C8H11ClN2.C8H13N3/c1-6(2)9-4-7(3)8(10)5-11-9;1-6(2)9-7(3)4-8(10)5-11-9;1-6(2)9-5-4-8(10)7(3)11-9;1-5(2)8-7(9(12)13)4-10-6(3)11-8;1-5(2)8-10-6(3)4-7(11-8)9(12)13;1-6(2)9-10-7(3)5-8(4)11-9;1-5(2)8-10-6(3)4-7(9)11-8;2*1-5(2)7-4-6(3)10-8(9)11-7;1-6(2)7-4-8(9-3)11-5-10-7/h3*4-6H,1-3H3;2*4-5H,1-3H3,(H,12,13);5-6H,1-4H3;3*4-5H,1-3H3;4-6H,1-3H3,(H,9,10,11). The second kappa shape index (κ2) is 52.6. The van der Waals surface area contributed by atoms with Crippen LogP contribution in [0.3, 0.4) is 0 Å². The van der Waals surface area contributed by atoms with Gasteiger partial charge in [0.1, 0.15) is 40.6 Å². The third kappa shape index (κ3) is 41.1. The molecule has 0 unspecified atom stereocenters. The van der Waals surface area contributed by atoms with Crippen LogP contribution in [0.4, 0.5) is 5.82 Å². The van der Waals surface area contributed by atoms with Gasteiger partial charge in [-0.25, -0.2) is 79.4 Å². The van der Waals surface area contributed by atoms with Crippen LogP contribution in [-0.4, -0.2) is 114 Å². The molecule has 22 nitrogen and oxygen atoms in total. The zero-order valence-corrected chi connectivity index (χ0v) is 79.5. The van der Waals surface area contributed by atoms with E-state index in [9.17, 15) is 9.59 Å². The molecular formula is C86H120Br3Cl3N18O4. The van der Waals surface area contributed by atoms with Crippen molar-refractivity contribution in [2.75, 3.05) is 12.4 Å². The molecule has 3 N–H and O–H groups in total. The number of nitrogens with zero attached hydrogens (tertiary/aromatic N) is 17. The van der Waals surface area contributed by atoms with Gasteiger partial charge in [0.05, 0.1) is 17.0 Å². The van der Waals surface area contributed by atoms with Crippen molar-refractivity contribution in [2.24, 2.45) is 0 Å². The summed E-state index contributed by atoms with van der Waals surface area (Å²) in [6.07, 6.45) is 6.66. The third-order valence-corrected chi connectivity index (χ3v) is 18.2. The molecule has 0 amide bonds. The van der Waals surface area contributed by atoms with Gasteiger partial charge >= 0.3 is 11.9 Å². The van der Waals surface area contributed by atoms with E-state index in [2.05, 4.69) is 273 Å². The number of halogens is 6. The number of carbonyl (C=O) groups is 2. The maximum Gasteiger partial charge on any atom is 0.354 e. The highest BCUT2D eigenvalue weighted by Crippen LogP contribution is 2.24. The predicted molar refractivity (Wildman–Crippen MR) is 477 cm³/mol.